The molecule has 0 spiro atoms. The van der Waals surface area contributed by atoms with Crippen molar-refractivity contribution < 1.29 is 20.1 Å². The number of fused-ring (bicyclic) bond motifs is 1. The molecular formula is C33H46O4. The molecule has 0 aromatic carbocycles. The van der Waals surface area contributed by atoms with Crippen LogP contribution in [0.4, 0.5) is 0 Å². The van der Waals surface area contributed by atoms with E-state index in [-0.39, 0.29) is 11.2 Å². The quantitative estimate of drug-likeness (QED) is 0.231. The first-order valence-corrected chi connectivity index (χ1v) is 14.5. The van der Waals surface area contributed by atoms with Crippen LogP contribution < -0.4 is 0 Å². The highest BCUT2D eigenvalue weighted by Crippen LogP contribution is 2.59. The number of unbranched alkanes of at least 4 members (excludes halogenated alkanes) is 1. The predicted octanol–water partition coefficient (Wildman–Crippen LogP) is 5.83. The lowest BCUT2D eigenvalue weighted by atomic mass is 9.61. The van der Waals surface area contributed by atoms with Gasteiger partial charge in [-0.2, -0.15) is 0 Å². The van der Waals surface area contributed by atoms with E-state index in [1.165, 1.54) is 18.4 Å². The number of allylic oxidation sites excluding steroid dienone is 4. The molecule has 4 heteroatoms. The van der Waals surface area contributed by atoms with Crippen LogP contribution in [0.15, 0.2) is 47.6 Å². The predicted molar refractivity (Wildman–Crippen MR) is 148 cm³/mol. The number of Topliss-reactive ketones (excluding diaryl/α,β-unsaturated/α-hetero) is 1. The Morgan fingerprint density at radius 2 is 1.95 bits per heavy atom. The molecule has 0 unspecified atom stereocenters. The first-order chi connectivity index (χ1) is 17.6. The van der Waals surface area contributed by atoms with Crippen molar-refractivity contribution in [1.29, 1.82) is 0 Å². The summed E-state index contributed by atoms with van der Waals surface area (Å²) in [5, 5.41) is 31.2. The van der Waals surface area contributed by atoms with Crippen LogP contribution in [0.3, 0.4) is 0 Å². The maximum Gasteiger partial charge on any atom is 0.214 e. The minimum absolute atomic E-state index is 0.101. The van der Waals surface area contributed by atoms with Crippen LogP contribution in [0, 0.1) is 40.4 Å². The van der Waals surface area contributed by atoms with Crippen molar-refractivity contribution in [3.63, 3.8) is 0 Å². The van der Waals surface area contributed by atoms with Crippen LogP contribution in [0.1, 0.15) is 91.4 Å². The summed E-state index contributed by atoms with van der Waals surface area (Å²) in [5.74, 6) is 7.00. The molecule has 0 heterocycles. The number of rotatable bonds is 7. The van der Waals surface area contributed by atoms with Crippen molar-refractivity contribution in [2.75, 3.05) is 0 Å². The van der Waals surface area contributed by atoms with E-state index in [4.69, 9.17) is 0 Å². The maximum absolute atomic E-state index is 12.6. The molecule has 0 aromatic heterocycles. The largest absolute Gasteiger partial charge is 0.393 e. The molecule has 4 nitrogen and oxygen atoms in total. The second-order valence-corrected chi connectivity index (χ2v) is 12.4. The summed E-state index contributed by atoms with van der Waals surface area (Å²) in [5.41, 5.74) is 2.71. The zero-order chi connectivity index (χ0) is 26.8. The fraction of sp³-hybridized carbons (Fsp3) is 0.667. The Balaban J connectivity index is 1.44. The van der Waals surface area contributed by atoms with E-state index in [1.54, 1.807) is 0 Å². The van der Waals surface area contributed by atoms with Crippen LogP contribution >= 0.6 is 0 Å². The monoisotopic (exact) mass is 506 g/mol. The summed E-state index contributed by atoms with van der Waals surface area (Å²) in [6.45, 7) is 10.8. The molecule has 0 aromatic rings. The Morgan fingerprint density at radius 1 is 1.19 bits per heavy atom. The second-order valence-electron chi connectivity index (χ2n) is 12.4. The molecule has 0 aliphatic heterocycles. The molecule has 3 N–H and O–H groups in total. The molecule has 4 aliphatic rings. The third-order valence-corrected chi connectivity index (χ3v) is 9.92. The number of aliphatic hydroxyl groups is 3. The number of carbonyl (C=O) groups is 1. The van der Waals surface area contributed by atoms with E-state index < -0.39 is 23.7 Å². The Hall–Kier alpha value is -1.93. The maximum atomic E-state index is 12.6. The highest BCUT2D eigenvalue weighted by Gasteiger charge is 2.54. The van der Waals surface area contributed by atoms with Gasteiger partial charge in [-0.1, -0.05) is 63.1 Å². The van der Waals surface area contributed by atoms with Gasteiger partial charge < -0.3 is 15.3 Å². The smallest absolute Gasteiger partial charge is 0.214 e. The van der Waals surface area contributed by atoms with Gasteiger partial charge in [0.05, 0.1) is 23.7 Å². The fourth-order valence-corrected chi connectivity index (χ4v) is 7.39. The normalized spacial score (nSPS) is 36.8. The lowest BCUT2D eigenvalue weighted by molar-refractivity contribution is -0.121. The summed E-state index contributed by atoms with van der Waals surface area (Å²) in [6, 6.07) is 0. The van der Waals surface area contributed by atoms with Crippen molar-refractivity contribution in [3.8, 4) is 11.8 Å². The van der Waals surface area contributed by atoms with Crippen LogP contribution in [0.25, 0.3) is 0 Å². The van der Waals surface area contributed by atoms with E-state index in [0.717, 1.165) is 56.1 Å². The average molecular weight is 507 g/mol. The molecule has 4 aliphatic carbocycles. The zero-order valence-corrected chi connectivity index (χ0v) is 23.0. The third-order valence-electron chi connectivity index (χ3n) is 9.92. The lowest BCUT2D eigenvalue weighted by Crippen LogP contribution is -2.35. The highest BCUT2D eigenvalue weighted by molar-refractivity contribution is 6.02. The van der Waals surface area contributed by atoms with Gasteiger partial charge in [-0.3, -0.25) is 4.79 Å². The van der Waals surface area contributed by atoms with Gasteiger partial charge in [-0.25, -0.2) is 0 Å². The number of aliphatic hydroxyl groups excluding tert-OH is 3. The van der Waals surface area contributed by atoms with Crippen LogP contribution in [0.5, 0.6) is 0 Å². The van der Waals surface area contributed by atoms with E-state index in [9.17, 15) is 20.1 Å². The molecule has 4 rings (SSSR count). The Kier molecular flexibility index (Phi) is 8.68. The molecule has 4 fully saturated rings. The number of hydrogen-bond donors (Lipinski definition) is 3. The van der Waals surface area contributed by atoms with Gasteiger partial charge in [0.1, 0.15) is 0 Å². The zero-order valence-electron chi connectivity index (χ0n) is 23.0. The number of hydrogen-bond acceptors (Lipinski definition) is 4. The van der Waals surface area contributed by atoms with Gasteiger partial charge in [0.25, 0.3) is 0 Å². The average Bonchev–Trinajstić information content (AvgIpc) is 3.60. The van der Waals surface area contributed by atoms with E-state index in [2.05, 4.69) is 50.5 Å². The Bertz CT molecular complexity index is 1030. The van der Waals surface area contributed by atoms with E-state index in [1.807, 2.05) is 13.0 Å². The SMILES string of the molecule is C=C1C(=CC=C2CCC[C@]3(C)[C@@H]([C@H](C)C=C[C@H](O)C4(C(=O)C#CCCC)CC4)CC[C@@H]23)C[C@@H](O)C[C@@H]1O. The number of ketones is 1. The van der Waals surface area contributed by atoms with Gasteiger partial charge in [0, 0.05) is 12.8 Å². The van der Waals surface area contributed by atoms with Crippen molar-refractivity contribution in [3.05, 3.63) is 47.6 Å². The minimum Gasteiger partial charge on any atom is -0.393 e. The van der Waals surface area contributed by atoms with Gasteiger partial charge in [-0.15, -0.1) is 0 Å². The molecular weight excluding hydrogens is 460 g/mol. The van der Waals surface area contributed by atoms with Crippen molar-refractivity contribution in [2.24, 2.45) is 28.6 Å². The van der Waals surface area contributed by atoms with Gasteiger partial charge in [0.15, 0.2) is 0 Å². The highest BCUT2D eigenvalue weighted by atomic mass is 16.3. The lowest BCUT2D eigenvalue weighted by Gasteiger charge is -2.44. The van der Waals surface area contributed by atoms with Crippen LogP contribution in [0.2, 0.25) is 0 Å². The van der Waals surface area contributed by atoms with Crippen molar-refractivity contribution in [2.45, 2.75) is 110 Å². The first kappa shape index (κ1) is 28.1. The van der Waals surface area contributed by atoms with Crippen LogP contribution in [-0.4, -0.2) is 39.4 Å². The van der Waals surface area contributed by atoms with Gasteiger partial charge >= 0.3 is 0 Å². The van der Waals surface area contributed by atoms with Crippen molar-refractivity contribution in [1.82, 2.24) is 0 Å². The Labute approximate surface area is 223 Å². The molecule has 7 atom stereocenters. The minimum atomic E-state index is -0.758. The summed E-state index contributed by atoms with van der Waals surface area (Å²) < 4.78 is 0. The van der Waals surface area contributed by atoms with E-state index >= 15 is 0 Å². The summed E-state index contributed by atoms with van der Waals surface area (Å²) in [7, 11) is 0. The molecule has 0 amide bonds. The van der Waals surface area contributed by atoms with Gasteiger partial charge in [-0.05, 0) is 98.0 Å². The molecule has 0 radical (unpaired) electrons. The summed E-state index contributed by atoms with van der Waals surface area (Å²) >= 11 is 0. The second kappa shape index (κ2) is 11.4. The fourth-order valence-electron chi connectivity index (χ4n) is 7.39. The topological polar surface area (TPSA) is 77.8 Å². The molecule has 0 bridgehead atoms. The molecule has 202 valence electrons. The summed E-state index contributed by atoms with van der Waals surface area (Å²) in [4.78, 5) is 12.6. The Morgan fingerprint density at radius 3 is 2.65 bits per heavy atom. The van der Waals surface area contributed by atoms with Crippen molar-refractivity contribution >= 4 is 5.78 Å². The first-order valence-electron chi connectivity index (χ1n) is 14.5. The van der Waals surface area contributed by atoms with E-state index in [0.29, 0.717) is 30.6 Å². The molecule has 0 saturated heterocycles. The number of carbonyl (C=O) groups excluding carboxylic acids is 1. The van der Waals surface area contributed by atoms with Crippen LogP contribution in [-0.2, 0) is 4.79 Å². The third kappa shape index (κ3) is 5.75. The van der Waals surface area contributed by atoms with Gasteiger partial charge in [0.2, 0.25) is 5.78 Å². The molecule has 4 saturated carbocycles. The standard InChI is InChI=1S/C33H46O4/c1-5-6-7-10-30(36)33(18-19-33)31(37)16-11-22(2)27-14-15-28-24(9-8-17-32(27,28)4)12-13-25-20-26(34)21-29(35)23(25)3/h11-13,16,22,26-29,31,34-35,37H,3,5-6,8-9,14-15,17-21H2,1-2,4H3/t22-,26-,27-,28+,29+,31+,32-/m1/s1. The molecule has 37 heavy (non-hydrogen) atoms. The summed E-state index contributed by atoms with van der Waals surface area (Å²) in [6.07, 6.45) is 16.3.